The Morgan fingerprint density at radius 1 is 0.600 bits per heavy atom. The standard InChI is InChI=1S/C12H27P.3CO.Ni/c1-4-7-10-13(11-8-5-2)12-9-6-3;3*1-2;/h4-12H2,1-3H3;;;;. The number of rotatable bonds is 9. The molecular weight excluding hydrogens is 318 g/mol. The van der Waals surface area contributed by atoms with Crippen molar-refractivity contribution in [1.29, 1.82) is 0 Å². The summed E-state index contributed by atoms with van der Waals surface area (Å²) in [4.78, 5) is 22.5. The molecule has 0 heterocycles. The van der Waals surface area contributed by atoms with Crippen molar-refractivity contribution < 1.29 is 30.9 Å². The van der Waals surface area contributed by atoms with Gasteiger partial charge in [-0.3, -0.25) is 14.4 Å². The van der Waals surface area contributed by atoms with Crippen molar-refractivity contribution in [3.8, 4) is 0 Å². The van der Waals surface area contributed by atoms with Crippen molar-refractivity contribution in [2.75, 3.05) is 18.5 Å². The molecule has 0 aliphatic carbocycles. The van der Waals surface area contributed by atoms with Gasteiger partial charge in [-0.15, -0.1) is 7.92 Å². The summed E-state index contributed by atoms with van der Waals surface area (Å²) in [5, 5.41) is 0. The van der Waals surface area contributed by atoms with Crippen LogP contribution in [0.1, 0.15) is 59.3 Å². The van der Waals surface area contributed by atoms with Crippen molar-refractivity contribution in [3.63, 3.8) is 0 Å². The maximum Gasteiger partial charge on any atom is 0.281 e. The van der Waals surface area contributed by atoms with Crippen LogP contribution in [0.5, 0.6) is 0 Å². The van der Waals surface area contributed by atoms with E-state index in [1.807, 2.05) is 0 Å². The summed E-state index contributed by atoms with van der Waals surface area (Å²) in [6.45, 7) is 20.4. The second kappa shape index (κ2) is 42.8. The number of unbranched alkanes of at least 4 members (excludes halogenated alkanes) is 3. The summed E-state index contributed by atoms with van der Waals surface area (Å²) in [5.74, 6) is 0. The maximum absolute atomic E-state index is 7.50. The van der Waals surface area contributed by atoms with Gasteiger partial charge in [-0.1, -0.05) is 40.0 Å². The van der Waals surface area contributed by atoms with E-state index < -0.39 is 0 Å². The molecule has 0 aromatic heterocycles. The minimum Gasteiger partial charge on any atom is -0.281 e. The molecule has 0 aliphatic heterocycles. The van der Waals surface area contributed by atoms with Crippen molar-refractivity contribution in [2.24, 2.45) is 0 Å². The first-order valence-electron chi connectivity index (χ1n) is 6.68. The second-order valence-corrected chi connectivity index (χ2v) is 6.59. The monoisotopic (exact) mass is 344 g/mol. The molecule has 0 unspecified atom stereocenters. The minimum atomic E-state index is 0. The molecule has 6 radical (unpaired) electrons. The van der Waals surface area contributed by atoms with Crippen LogP contribution in [0.4, 0.5) is 0 Å². The molecule has 0 aliphatic rings. The van der Waals surface area contributed by atoms with Crippen LogP contribution in [-0.4, -0.2) is 38.9 Å². The fourth-order valence-corrected chi connectivity index (χ4v) is 4.44. The molecule has 0 fully saturated rings. The van der Waals surface area contributed by atoms with Crippen LogP contribution in [0, 0.1) is 0 Å². The van der Waals surface area contributed by atoms with Gasteiger partial charge >= 0.3 is 0 Å². The fraction of sp³-hybridized carbons (Fsp3) is 0.800. The summed E-state index contributed by atoms with van der Waals surface area (Å²) < 4.78 is 0. The normalized spacial score (nSPS) is 7.80. The average Bonchev–Trinajstić information content (AvgIpc) is 2.52. The van der Waals surface area contributed by atoms with Crippen molar-refractivity contribution >= 4 is 28.3 Å². The van der Waals surface area contributed by atoms with Crippen LogP contribution in [0.2, 0.25) is 0 Å². The number of hydrogen-bond donors (Lipinski definition) is 0. The van der Waals surface area contributed by atoms with E-state index in [4.69, 9.17) is 14.4 Å². The topological polar surface area (TPSA) is 51.2 Å². The molecule has 0 amide bonds. The predicted molar refractivity (Wildman–Crippen MR) is 83.3 cm³/mol. The van der Waals surface area contributed by atoms with Crippen LogP contribution < -0.4 is 0 Å². The van der Waals surface area contributed by atoms with Crippen LogP contribution in [0.3, 0.4) is 0 Å². The van der Waals surface area contributed by atoms with Gasteiger partial charge in [0.1, 0.15) is 0 Å². The molecule has 0 saturated heterocycles. The summed E-state index contributed by atoms with van der Waals surface area (Å²) in [5.41, 5.74) is 0. The van der Waals surface area contributed by atoms with Gasteiger partial charge in [0.25, 0.3) is 20.4 Å². The molecule has 3 nitrogen and oxygen atoms in total. The molecule has 0 rings (SSSR count). The average molecular weight is 345 g/mol. The Morgan fingerprint density at radius 2 is 0.800 bits per heavy atom. The third kappa shape index (κ3) is 36.1. The third-order valence-corrected chi connectivity index (χ3v) is 5.33. The Hall–Kier alpha value is -0.0665. The third-order valence-electron chi connectivity index (χ3n) is 2.48. The van der Waals surface area contributed by atoms with Gasteiger partial charge in [0.15, 0.2) is 0 Å². The summed E-state index contributed by atoms with van der Waals surface area (Å²) in [7, 11) is 0.422. The van der Waals surface area contributed by atoms with Crippen LogP contribution in [0.25, 0.3) is 0 Å². The van der Waals surface area contributed by atoms with Crippen LogP contribution in [0.15, 0.2) is 0 Å². The summed E-state index contributed by atoms with van der Waals surface area (Å²) >= 11 is 0. The summed E-state index contributed by atoms with van der Waals surface area (Å²) in [6.07, 6.45) is 13.2. The number of carbonyl (C=O) groups excluding carboxylic acids is 3. The zero-order valence-corrected chi connectivity index (χ0v) is 14.7. The molecular formula is C15H27NiO3P. The Kier molecular flexibility index (Phi) is 68.5. The van der Waals surface area contributed by atoms with E-state index >= 15 is 0 Å². The van der Waals surface area contributed by atoms with Gasteiger partial charge in [-0.05, 0) is 37.7 Å². The number of hydrogen-bond acceptors (Lipinski definition) is 3. The second-order valence-electron chi connectivity index (χ2n) is 3.90. The molecule has 0 aromatic rings. The van der Waals surface area contributed by atoms with Gasteiger partial charge in [0, 0.05) is 16.5 Å². The van der Waals surface area contributed by atoms with Gasteiger partial charge in [0.2, 0.25) is 0 Å². The molecule has 0 saturated carbocycles. The van der Waals surface area contributed by atoms with Crippen LogP contribution >= 0.6 is 7.92 Å². The first kappa shape index (κ1) is 32.0. The Balaban J connectivity index is -0.0000000940. The predicted octanol–water partition coefficient (Wildman–Crippen LogP) is 3.67. The molecule has 0 aromatic carbocycles. The van der Waals surface area contributed by atoms with Gasteiger partial charge in [-0.2, -0.15) is 0 Å². The SMILES string of the molecule is CCCCP(CCCC)CCCC.[C]=O.[C]=O.[C]=O.[Ni]. The molecule has 20 heavy (non-hydrogen) atoms. The molecule has 0 atom stereocenters. The molecule has 0 bridgehead atoms. The molecule has 5 heteroatoms. The van der Waals surface area contributed by atoms with Crippen molar-refractivity contribution in [2.45, 2.75) is 59.3 Å². The fourth-order valence-electron chi connectivity index (χ4n) is 1.48. The first-order valence-corrected chi connectivity index (χ1v) is 8.58. The zero-order valence-electron chi connectivity index (χ0n) is 12.9. The maximum atomic E-state index is 7.50. The van der Waals surface area contributed by atoms with E-state index in [9.17, 15) is 0 Å². The van der Waals surface area contributed by atoms with E-state index in [1.54, 1.807) is 18.5 Å². The Morgan fingerprint density at radius 3 is 0.950 bits per heavy atom. The van der Waals surface area contributed by atoms with E-state index in [-0.39, 0.29) is 16.5 Å². The Labute approximate surface area is 137 Å². The molecule has 0 spiro atoms. The van der Waals surface area contributed by atoms with Crippen LogP contribution in [-0.2, 0) is 30.9 Å². The van der Waals surface area contributed by atoms with E-state index in [0.29, 0.717) is 7.92 Å². The Bertz CT molecular complexity index is 117. The quantitative estimate of drug-likeness (QED) is 0.473. The first-order chi connectivity index (χ1) is 9.35. The zero-order chi connectivity index (χ0) is 15.9. The molecule has 0 N–H and O–H groups in total. The minimum absolute atomic E-state index is 0. The molecule has 120 valence electrons. The van der Waals surface area contributed by atoms with Gasteiger partial charge < -0.3 is 0 Å². The smallest absolute Gasteiger partial charge is 0.281 e. The largest absolute Gasteiger partial charge is 0.281 e. The van der Waals surface area contributed by atoms with Crippen molar-refractivity contribution in [1.82, 2.24) is 0 Å². The van der Waals surface area contributed by atoms with E-state index in [1.165, 1.54) is 38.5 Å². The van der Waals surface area contributed by atoms with E-state index in [2.05, 4.69) is 41.1 Å². The van der Waals surface area contributed by atoms with E-state index in [0.717, 1.165) is 0 Å². The summed E-state index contributed by atoms with van der Waals surface area (Å²) in [6, 6.07) is 0. The van der Waals surface area contributed by atoms with Gasteiger partial charge in [-0.25, -0.2) is 0 Å². The van der Waals surface area contributed by atoms with Crippen molar-refractivity contribution in [3.05, 3.63) is 0 Å². The van der Waals surface area contributed by atoms with Gasteiger partial charge in [0.05, 0.1) is 0 Å².